The SMILES string of the molecule is NN(C(=O)CCn1cnc2c(=O)[nH]cnc21)C(=O)C[n+]1ccccc1.[Cl-]. The maximum absolute atomic E-state index is 12.1. The fraction of sp³-hybridized carbons (Fsp3) is 0.200. The van der Waals surface area contributed by atoms with Crippen molar-refractivity contribution in [1.29, 1.82) is 0 Å². The molecule has 0 spiro atoms. The Labute approximate surface area is 153 Å². The molecule has 2 amide bonds. The van der Waals surface area contributed by atoms with E-state index >= 15 is 0 Å². The van der Waals surface area contributed by atoms with Crippen molar-refractivity contribution >= 4 is 23.0 Å². The number of hydrogen-bond donors (Lipinski definition) is 2. The Bertz CT molecular complexity index is 970. The average molecular weight is 378 g/mol. The lowest BCUT2D eigenvalue weighted by molar-refractivity contribution is -0.685. The third-order valence-electron chi connectivity index (χ3n) is 3.61. The zero-order valence-corrected chi connectivity index (χ0v) is 14.3. The molecule has 0 saturated heterocycles. The van der Waals surface area contributed by atoms with Crippen molar-refractivity contribution in [2.75, 3.05) is 0 Å². The van der Waals surface area contributed by atoms with Gasteiger partial charge in [-0.15, -0.1) is 0 Å². The Morgan fingerprint density at radius 3 is 2.65 bits per heavy atom. The number of nitrogens with two attached hydrogens (primary N) is 1. The number of hydrogen-bond acceptors (Lipinski definition) is 6. The Morgan fingerprint density at radius 1 is 1.19 bits per heavy atom. The van der Waals surface area contributed by atoms with Gasteiger partial charge in [0, 0.05) is 25.1 Å². The van der Waals surface area contributed by atoms with Crippen LogP contribution >= 0.6 is 0 Å². The van der Waals surface area contributed by atoms with E-state index < -0.39 is 11.8 Å². The zero-order chi connectivity index (χ0) is 17.8. The molecule has 0 aliphatic heterocycles. The smallest absolute Gasteiger partial charge is 0.309 e. The zero-order valence-electron chi connectivity index (χ0n) is 13.6. The predicted molar refractivity (Wildman–Crippen MR) is 85.4 cm³/mol. The molecule has 0 fully saturated rings. The lowest BCUT2D eigenvalue weighted by Crippen LogP contribution is -3.00. The first-order chi connectivity index (χ1) is 12.1. The van der Waals surface area contributed by atoms with E-state index in [1.807, 2.05) is 6.07 Å². The van der Waals surface area contributed by atoms with Crippen molar-refractivity contribution in [3.05, 3.63) is 53.6 Å². The van der Waals surface area contributed by atoms with E-state index in [1.54, 1.807) is 33.7 Å². The van der Waals surface area contributed by atoms with Gasteiger partial charge in [-0.2, -0.15) is 4.57 Å². The van der Waals surface area contributed by atoms with E-state index in [9.17, 15) is 14.4 Å². The summed E-state index contributed by atoms with van der Waals surface area (Å²) in [4.78, 5) is 46.2. The number of hydrazine groups is 1. The molecule has 0 aliphatic carbocycles. The lowest BCUT2D eigenvalue weighted by Gasteiger charge is -2.13. The third kappa shape index (κ3) is 4.10. The van der Waals surface area contributed by atoms with Crippen LogP contribution in [0.3, 0.4) is 0 Å². The molecule has 10 nitrogen and oxygen atoms in total. The summed E-state index contributed by atoms with van der Waals surface area (Å²) in [5.41, 5.74) is 0.202. The second kappa shape index (κ2) is 8.32. The molecule has 3 aromatic heterocycles. The van der Waals surface area contributed by atoms with Gasteiger partial charge < -0.3 is 22.0 Å². The Balaban J connectivity index is 0.00000243. The molecule has 0 radical (unpaired) electrons. The number of rotatable bonds is 5. The van der Waals surface area contributed by atoms with Crippen LogP contribution in [0.5, 0.6) is 0 Å². The van der Waals surface area contributed by atoms with Gasteiger partial charge in [-0.3, -0.25) is 14.4 Å². The summed E-state index contributed by atoms with van der Waals surface area (Å²) in [7, 11) is 0. The summed E-state index contributed by atoms with van der Waals surface area (Å²) in [5, 5.41) is 0.610. The molecular weight excluding hydrogens is 362 g/mol. The van der Waals surface area contributed by atoms with Gasteiger partial charge in [0.1, 0.15) is 0 Å². The molecule has 11 heteroatoms. The van der Waals surface area contributed by atoms with Gasteiger partial charge in [0.15, 0.2) is 23.6 Å². The summed E-state index contributed by atoms with van der Waals surface area (Å²) < 4.78 is 3.18. The van der Waals surface area contributed by atoms with Gasteiger partial charge in [-0.1, -0.05) is 6.07 Å². The molecule has 0 aromatic carbocycles. The molecule has 3 N–H and O–H groups in total. The number of nitrogens with one attached hydrogen (secondary N) is 1. The van der Waals surface area contributed by atoms with Gasteiger partial charge in [0.25, 0.3) is 5.56 Å². The molecular formula is C15H16ClN7O3. The normalized spacial score (nSPS) is 10.3. The number of aryl methyl sites for hydroxylation is 1. The summed E-state index contributed by atoms with van der Waals surface area (Å²) >= 11 is 0. The number of fused-ring (bicyclic) bond motifs is 1. The van der Waals surface area contributed by atoms with Gasteiger partial charge in [-0.25, -0.2) is 20.8 Å². The number of pyridine rings is 1. The Morgan fingerprint density at radius 2 is 1.92 bits per heavy atom. The number of imidazole rings is 1. The number of amides is 2. The van der Waals surface area contributed by atoms with Crippen molar-refractivity contribution < 1.29 is 26.6 Å². The quantitative estimate of drug-likeness (QED) is 0.200. The number of nitrogens with zero attached hydrogens (tertiary/aromatic N) is 5. The highest BCUT2D eigenvalue weighted by atomic mass is 35.5. The van der Waals surface area contributed by atoms with Crippen molar-refractivity contribution in [2.45, 2.75) is 19.5 Å². The molecule has 26 heavy (non-hydrogen) atoms. The minimum absolute atomic E-state index is 0. The van der Waals surface area contributed by atoms with Crippen LogP contribution in [0, 0.1) is 0 Å². The van der Waals surface area contributed by atoms with Crippen LogP contribution in [0.2, 0.25) is 0 Å². The highest BCUT2D eigenvalue weighted by Crippen LogP contribution is 2.05. The van der Waals surface area contributed by atoms with Crippen LogP contribution in [-0.4, -0.2) is 36.3 Å². The second-order valence-electron chi connectivity index (χ2n) is 5.30. The van der Waals surface area contributed by atoms with Crippen molar-refractivity contribution in [3.8, 4) is 0 Å². The highest BCUT2D eigenvalue weighted by Gasteiger charge is 2.21. The molecule has 136 valence electrons. The number of carbonyl (C=O) groups excluding carboxylic acids is 2. The fourth-order valence-corrected chi connectivity index (χ4v) is 2.30. The van der Waals surface area contributed by atoms with Crippen molar-refractivity contribution in [2.24, 2.45) is 5.84 Å². The molecule has 3 heterocycles. The van der Waals surface area contributed by atoms with Crippen molar-refractivity contribution in [3.63, 3.8) is 0 Å². The molecule has 0 aliphatic rings. The Hall–Kier alpha value is -3.11. The van der Waals surface area contributed by atoms with Crippen LogP contribution < -0.4 is 28.4 Å². The summed E-state index contributed by atoms with van der Waals surface area (Å²) in [5.74, 6) is 4.55. The first-order valence-corrected chi connectivity index (χ1v) is 7.49. The summed E-state index contributed by atoms with van der Waals surface area (Å²) in [6.07, 6.45) is 6.07. The highest BCUT2D eigenvalue weighted by molar-refractivity contribution is 5.93. The molecule has 3 rings (SSSR count). The van der Waals surface area contributed by atoms with Gasteiger partial charge >= 0.3 is 5.91 Å². The van der Waals surface area contributed by atoms with Crippen LogP contribution in [0.15, 0.2) is 48.0 Å². The summed E-state index contributed by atoms with van der Waals surface area (Å²) in [6.45, 7) is 0.166. The largest absolute Gasteiger partial charge is 1.00 e. The summed E-state index contributed by atoms with van der Waals surface area (Å²) in [6, 6.07) is 5.37. The predicted octanol–water partition coefficient (Wildman–Crippen LogP) is -4.27. The van der Waals surface area contributed by atoms with Gasteiger partial charge in [-0.05, 0) is 0 Å². The minimum Gasteiger partial charge on any atom is -1.00 e. The maximum Gasteiger partial charge on any atom is 0.309 e. The van der Waals surface area contributed by atoms with E-state index in [4.69, 9.17) is 5.84 Å². The average Bonchev–Trinajstić information content (AvgIpc) is 3.04. The topological polar surface area (TPSA) is 131 Å². The van der Waals surface area contributed by atoms with Crippen molar-refractivity contribution in [1.82, 2.24) is 24.5 Å². The molecule has 3 aromatic rings. The van der Waals surface area contributed by atoms with Crippen LogP contribution in [0.4, 0.5) is 0 Å². The van der Waals surface area contributed by atoms with E-state index in [0.29, 0.717) is 10.7 Å². The van der Waals surface area contributed by atoms with Gasteiger partial charge in [0.05, 0.1) is 12.7 Å². The first kappa shape index (κ1) is 19.2. The first-order valence-electron chi connectivity index (χ1n) is 7.49. The number of imide groups is 1. The molecule has 0 atom stereocenters. The van der Waals surface area contributed by atoms with Crippen LogP contribution in [0.1, 0.15) is 6.42 Å². The van der Waals surface area contributed by atoms with E-state index in [2.05, 4.69) is 15.0 Å². The number of carbonyl (C=O) groups is 2. The van der Waals surface area contributed by atoms with E-state index in [1.165, 1.54) is 12.7 Å². The number of halogens is 1. The third-order valence-corrected chi connectivity index (χ3v) is 3.61. The van der Waals surface area contributed by atoms with Gasteiger partial charge in [0.2, 0.25) is 12.5 Å². The monoisotopic (exact) mass is 377 g/mol. The standard InChI is InChI=1S/C15H15N7O3.ClH/c16-22(12(24)8-20-5-2-1-3-6-20)11(23)4-7-21-10-19-13-14(21)17-9-18-15(13)25;/h1-3,5-6,9-10H,4,7-8,16H2;1H. The molecule has 0 bridgehead atoms. The van der Waals surface area contributed by atoms with E-state index in [-0.39, 0.29) is 43.0 Å². The fourth-order valence-electron chi connectivity index (χ4n) is 2.30. The maximum atomic E-state index is 12.1. The number of H-pyrrole nitrogens is 1. The second-order valence-corrected chi connectivity index (χ2v) is 5.30. The van der Waals surface area contributed by atoms with Crippen LogP contribution in [-0.2, 0) is 22.7 Å². The lowest BCUT2D eigenvalue weighted by atomic mass is 10.3. The van der Waals surface area contributed by atoms with Crippen LogP contribution in [0.25, 0.3) is 11.2 Å². The molecule has 0 saturated carbocycles. The number of aromatic nitrogens is 5. The number of aromatic amines is 1. The Kier molecular flexibility index (Phi) is 6.15. The van der Waals surface area contributed by atoms with E-state index in [0.717, 1.165) is 0 Å². The molecule has 0 unspecified atom stereocenters. The minimum atomic E-state index is -0.534.